The zero-order chi connectivity index (χ0) is 16.0. The molecule has 0 unspecified atom stereocenters. The number of esters is 1. The molecule has 0 fully saturated rings. The molecule has 0 bridgehead atoms. The summed E-state index contributed by atoms with van der Waals surface area (Å²) in [5.74, 6) is 1.41. The van der Waals surface area contributed by atoms with Gasteiger partial charge in [0.1, 0.15) is 0 Å². The zero-order valence-electron chi connectivity index (χ0n) is 11.7. The van der Waals surface area contributed by atoms with Crippen LogP contribution in [0.15, 0.2) is 59.5 Å². The molecule has 0 aliphatic heterocycles. The molecule has 22 heavy (non-hydrogen) atoms. The van der Waals surface area contributed by atoms with Gasteiger partial charge in [-0.2, -0.15) is 0 Å². The number of terminal acetylenes is 1. The van der Waals surface area contributed by atoms with Crippen molar-refractivity contribution in [3.05, 3.63) is 65.7 Å². The summed E-state index contributed by atoms with van der Waals surface area (Å²) in [5.41, 5.74) is 0.840. The van der Waals surface area contributed by atoms with E-state index in [1.807, 2.05) is 6.07 Å². The molecule has 0 radical (unpaired) electrons. The average molecular weight is 314 g/mol. The molecule has 4 nitrogen and oxygen atoms in total. The van der Waals surface area contributed by atoms with Gasteiger partial charge in [0.15, 0.2) is 16.4 Å². The SMILES string of the molecule is C#CCOC(=O)c1cccc(S(=O)(=O)Cc2ccccc2)c1. The number of carbonyl (C=O) groups is 1. The summed E-state index contributed by atoms with van der Waals surface area (Å²) in [6.07, 6.45) is 5.02. The van der Waals surface area contributed by atoms with Crippen molar-refractivity contribution in [3.63, 3.8) is 0 Å². The molecule has 0 aliphatic carbocycles. The van der Waals surface area contributed by atoms with E-state index in [1.165, 1.54) is 24.3 Å². The Morgan fingerprint density at radius 2 is 1.82 bits per heavy atom. The number of hydrogen-bond acceptors (Lipinski definition) is 4. The minimum absolute atomic E-state index is 0.0755. The van der Waals surface area contributed by atoms with Crippen LogP contribution in [-0.2, 0) is 20.3 Å². The predicted octanol–water partition coefficient (Wildman–Crippen LogP) is 2.45. The number of carbonyl (C=O) groups excluding carboxylic acids is 1. The van der Waals surface area contributed by atoms with Gasteiger partial charge in [-0.25, -0.2) is 13.2 Å². The molecule has 0 saturated carbocycles. The Balaban J connectivity index is 2.25. The van der Waals surface area contributed by atoms with Gasteiger partial charge >= 0.3 is 5.97 Å². The number of benzene rings is 2. The molecule has 112 valence electrons. The van der Waals surface area contributed by atoms with Crippen LogP contribution < -0.4 is 0 Å². The lowest BCUT2D eigenvalue weighted by Crippen LogP contribution is -2.09. The topological polar surface area (TPSA) is 60.4 Å². The Labute approximate surface area is 129 Å². The largest absolute Gasteiger partial charge is 0.449 e. The molecule has 2 rings (SSSR count). The fourth-order valence-corrected chi connectivity index (χ4v) is 3.27. The lowest BCUT2D eigenvalue weighted by molar-refractivity contribution is 0.0556. The summed E-state index contributed by atoms with van der Waals surface area (Å²) >= 11 is 0. The first-order chi connectivity index (χ1) is 10.5. The van der Waals surface area contributed by atoms with Crippen LogP contribution in [0.4, 0.5) is 0 Å². The maximum absolute atomic E-state index is 12.4. The molecule has 0 saturated heterocycles. The standard InChI is InChI=1S/C17H14O4S/c1-2-11-21-17(18)15-9-6-10-16(12-15)22(19,20)13-14-7-4-3-5-8-14/h1,3-10,12H,11,13H2. The van der Waals surface area contributed by atoms with Gasteiger partial charge in [0.25, 0.3) is 0 Å². The van der Waals surface area contributed by atoms with Crippen LogP contribution in [0.2, 0.25) is 0 Å². The van der Waals surface area contributed by atoms with E-state index in [0.29, 0.717) is 5.56 Å². The fourth-order valence-electron chi connectivity index (χ4n) is 1.88. The van der Waals surface area contributed by atoms with Gasteiger partial charge in [-0.15, -0.1) is 6.42 Å². The molecule has 0 aromatic heterocycles. The van der Waals surface area contributed by atoms with Crippen molar-refractivity contribution in [2.75, 3.05) is 6.61 Å². The maximum Gasteiger partial charge on any atom is 0.339 e. The highest BCUT2D eigenvalue weighted by molar-refractivity contribution is 7.90. The van der Waals surface area contributed by atoms with E-state index < -0.39 is 15.8 Å². The Morgan fingerprint density at radius 1 is 1.09 bits per heavy atom. The van der Waals surface area contributed by atoms with E-state index in [0.717, 1.165) is 0 Å². The second-order valence-electron chi connectivity index (χ2n) is 4.55. The second kappa shape index (κ2) is 6.92. The van der Waals surface area contributed by atoms with Crippen molar-refractivity contribution in [1.29, 1.82) is 0 Å². The van der Waals surface area contributed by atoms with Crippen LogP contribution in [-0.4, -0.2) is 21.0 Å². The van der Waals surface area contributed by atoms with Gasteiger partial charge in [0.2, 0.25) is 0 Å². The van der Waals surface area contributed by atoms with E-state index in [-0.39, 0.29) is 22.8 Å². The fraction of sp³-hybridized carbons (Fsp3) is 0.118. The van der Waals surface area contributed by atoms with E-state index in [1.54, 1.807) is 24.3 Å². The third-order valence-corrected chi connectivity index (χ3v) is 4.60. The van der Waals surface area contributed by atoms with E-state index >= 15 is 0 Å². The van der Waals surface area contributed by atoms with Crippen LogP contribution in [0.5, 0.6) is 0 Å². The third kappa shape index (κ3) is 3.96. The number of ether oxygens (including phenoxy) is 1. The molecule has 0 spiro atoms. The first-order valence-electron chi connectivity index (χ1n) is 6.50. The van der Waals surface area contributed by atoms with E-state index in [9.17, 15) is 13.2 Å². The lowest BCUT2D eigenvalue weighted by Gasteiger charge is -2.07. The molecule has 0 aliphatic rings. The highest BCUT2D eigenvalue weighted by Crippen LogP contribution is 2.18. The summed E-state index contributed by atoms with van der Waals surface area (Å²) in [7, 11) is -3.54. The summed E-state index contributed by atoms with van der Waals surface area (Å²) in [6, 6.07) is 14.6. The van der Waals surface area contributed by atoms with Crippen LogP contribution in [0, 0.1) is 12.3 Å². The van der Waals surface area contributed by atoms with Gasteiger partial charge in [0, 0.05) is 0 Å². The Kier molecular flexibility index (Phi) is 4.97. The normalized spacial score (nSPS) is 10.7. The van der Waals surface area contributed by atoms with Crippen LogP contribution in [0.25, 0.3) is 0 Å². The van der Waals surface area contributed by atoms with Crippen LogP contribution in [0.3, 0.4) is 0 Å². The molecular formula is C17H14O4S. The summed E-state index contributed by atoms with van der Waals surface area (Å²) in [6.45, 7) is -0.153. The molecule has 0 N–H and O–H groups in total. The number of sulfone groups is 1. The van der Waals surface area contributed by atoms with Crippen molar-refractivity contribution < 1.29 is 17.9 Å². The molecule has 0 atom stereocenters. The Hall–Kier alpha value is -2.58. The van der Waals surface area contributed by atoms with Gasteiger partial charge in [-0.3, -0.25) is 0 Å². The Morgan fingerprint density at radius 3 is 2.50 bits per heavy atom. The molecule has 2 aromatic rings. The van der Waals surface area contributed by atoms with Crippen molar-refractivity contribution in [1.82, 2.24) is 0 Å². The van der Waals surface area contributed by atoms with Gasteiger partial charge in [-0.05, 0) is 23.8 Å². The molecule has 2 aromatic carbocycles. The van der Waals surface area contributed by atoms with Crippen molar-refractivity contribution in [2.24, 2.45) is 0 Å². The van der Waals surface area contributed by atoms with Crippen LogP contribution in [0.1, 0.15) is 15.9 Å². The summed E-state index contributed by atoms with van der Waals surface area (Å²) in [5, 5.41) is 0. The van der Waals surface area contributed by atoms with Gasteiger partial charge in [-0.1, -0.05) is 42.3 Å². The minimum Gasteiger partial charge on any atom is -0.449 e. The monoisotopic (exact) mass is 314 g/mol. The molecule has 0 amide bonds. The highest BCUT2D eigenvalue weighted by atomic mass is 32.2. The van der Waals surface area contributed by atoms with Crippen molar-refractivity contribution in [2.45, 2.75) is 10.6 Å². The summed E-state index contributed by atoms with van der Waals surface area (Å²) < 4.78 is 29.6. The van der Waals surface area contributed by atoms with E-state index in [4.69, 9.17) is 11.2 Å². The first-order valence-corrected chi connectivity index (χ1v) is 8.15. The zero-order valence-corrected chi connectivity index (χ0v) is 12.5. The van der Waals surface area contributed by atoms with Crippen molar-refractivity contribution >= 4 is 15.8 Å². The molecule has 0 heterocycles. The predicted molar refractivity (Wildman–Crippen MR) is 82.9 cm³/mol. The van der Waals surface area contributed by atoms with Crippen molar-refractivity contribution in [3.8, 4) is 12.3 Å². The quantitative estimate of drug-likeness (QED) is 0.628. The lowest BCUT2D eigenvalue weighted by atomic mass is 10.2. The van der Waals surface area contributed by atoms with Crippen LogP contribution >= 0.6 is 0 Å². The number of rotatable bonds is 5. The third-order valence-electron chi connectivity index (χ3n) is 2.91. The average Bonchev–Trinajstić information content (AvgIpc) is 2.53. The number of hydrogen-bond donors (Lipinski definition) is 0. The second-order valence-corrected chi connectivity index (χ2v) is 6.54. The van der Waals surface area contributed by atoms with E-state index in [2.05, 4.69) is 5.92 Å². The Bertz CT molecular complexity index is 802. The minimum atomic E-state index is -3.54. The molecular weight excluding hydrogens is 300 g/mol. The molecule has 5 heteroatoms. The van der Waals surface area contributed by atoms with Gasteiger partial charge in [0.05, 0.1) is 16.2 Å². The first kappa shape index (κ1) is 15.8. The maximum atomic E-state index is 12.4. The van der Waals surface area contributed by atoms with Gasteiger partial charge < -0.3 is 4.74 Å². The highest BCUT2D eigenvalue weighted by Gasteiger charge is 2.17. The summed E-state index contributed by atoms with van der Waals surface area (Å²) in [4.78, 5) is 11.8. The smallest absolute Gasteiger partial charge is 0.339 e.